The molecule has 9 aromatic carbocycles. The van der Waals surface area contributed by atoms with Crippen molar-refractivity contribution < 1.29 is 8.83 Å². The fraction of sp³-hybridized carbons (Fsp3) is 0. The van der Waals surface area contributed by atoms with Crippen molar-refractivity contribution in [3.05, 3.63) is 188 Å². The molecule has 0 saturated carbocycles. The van der Waals surface area contributed by atoms with E-state index in [9.17, 15) is 0 Å². The number of hydrogen-bond donors (Lipinski definition) is 1. The highest BCUT2D eigenvalue weighted by atomic mass is 16.3. The van der Waals surface area contributed by atoms with Crippen LogP contribution in [0, 0.1) is 0 Å². The number of aromatic nitrogens is 2. The van der Waals surface area contributed by atoms with Crippen LogP contribution in [0.1, 0.15) is 0 Å². The standard InChI is InChI=1S/C54H32N2O2/c1-4-13-47-39(8-1)43-28-33(18-24-48(43)55-47)35-20-26-52-45(30-35)46-31-36(21-27-53(46)57-52)34-19-25-50-44(29-34)40-9-2-5-14-49(40)56(50)37-22-16-32(17-23-37)38-11-7-12-42-41-10-3-6-15-51(41)58-54(38)42/h1-31,55H. The number of rotatable bonds is 4. The molecule has 1 N–H and O–H groups in total. The van der Waals surface area contributed by atoms with Gasteiger partial charge in [0.05, 0.1) is 11.0 Å². The van der Waals surface area contributed by atoms with E-state index >= 15 is 0 Å². The van der Waals surface area contributed by atoms with Crippen LogP contribution in [0.25, 0.3) is 127 Å². The predicted molar refractivity (Wildman–Crippen MR) is 241 cm³/mol. The molecule has 0 radical (unpaired) electrons. The smallest absolute Gasteiger partial charge is 0.143 e. The summed E-state index contributed by atoms with van der Waals surface area (Å²) in [4.78, 5) is 3.56. The zero-order valence-electron chi connectivity index (χ0n) is 31.2. The predicted octanol–water partition coefficient (Wildman–Crippen LogP) is 15.2. The van der Waals surface area contributed by atoms with Gasteiger partial charge in [-0.1, -0.05) is 109 Å². The lowest BCUT2D eigenvalue weighted by atomic mass is 9.98. The van der Waals surface area contributed by atoms with Crippen molar-refractivity contribution in [3.8, 4) is 39.1 Å². The summed E-state index contributed by atoms with van der Waals surface area (Å²) >= 11 is 0. The minimum atomic E-state index is 0.890. The number of benzene rings is 9. The van der Waals surface area contributed by atoms with Crippen LogP contribution >= 0.6 is 0 Å². The van der Waals surface area contributed by atoms with E-state index in [2.05, 4.69) is 185 Å². The first kappa shape index (κ1) is 31.4. The highest BCUT2D eigenvalue weighted by Gasteiger charge is 2.17. The molecule has 4 heterocycles. The molecule has 270 valence electrons. The Bertz CT molecular complexity index is 3800. The van der Waals surface area contributed by atoms with Crippen LogP contribution in [0.4, 0.5) is 0 Å². The Kier molecular flexibility index (Phi) is 6.41. The normalized spacial score (nSPS) is 12.1. The van der Waals surface area contributed by atoms with Gasteiger partial charge in [0.2, 0.25) is 0 Å². The summed E-state index contributed by atoms with van der Waals surface area (Å²) in [7, 11) is 0. The van der Waals surface area contributed by atoms with Crippen LogP contribution in [0.15, 0.2) is 197 Å². The lowest BCUT2D eigenvalue weighted by Crippen LogP contribution is -1.93. The molecule has 13 aromatic rings. The number of fused-ring (bicyclic) bond motifs is 12. The summed E-state index contributed by atoms with van der Waals surface area (Å²) in [6.07, 6.45) is 0. The number of aromatic amines is 1. The Hall–Kier alpha value is -7.82. The topological polar surface area (TPSA) is 47.0 Å². The van der Waals surface area contributed by atoms with E-state index in [4.69, 9.17) is 8.83 Å². The highest BCUT2D eigenvalue weighted by Crippen LogP contribution is 2.40. The number of furan rings is 2. The summed E-state index contributed by atoms with van der Waals surface area (Å²) in [5, 5.41) is 9.43. The van der Waals surface area contributed by atoms with Gasteiger partial charge in [-0.2, -0.15) is 0 Å². The Balaban J connectivity index is 0.896. The van der Waals surface area contributed by atoms with Crippen LogP contribution in [0.5, 0.6) is 0 Å². The lowest BCUT2D eigenvalue weighted by Gasteiger charge is -2.10. The van der Waals surface area contributed by atoms with Crippen LogP contribution in [0.2, 0.25) is 0 Å². The van der Waals surface area contributed by atoms with Crippen LogP contribution < -0.4 is 0 Å². The lowest BCUT2D eigenvalue weighted by molar-refractivity contribution is 0.669. The second-order valence-electron chi connectivity index (χ2n) is 15.4. The molecule has 58 heavy (non-hydrogen) atoms. The number of H-pyrrole nitrogens is 1. The van der Waals surface area contributed by atoms with E-state index in [1.54, 1.807) is 0 Å². The van der Waals surface area contributed by atoms with Crippen LogP contribution in [0.3, 0.4) is 0 Å². The Morgan fingerprint density at radius 2 is 0.879 bits per heavy atom. The van der Waals surface area contributed by atoms with E-state index in [1.807, 2.05) is 12.1 Å². The minimum absolute atomic E-state index is 0.890. The largest absolute Gasteiger partial charge is 0.456 e. The molecule has 13 rings (SSSR count). The van der Waals surface area contributed by atoms with Gasteiger partial charge < -0.3 is 18.4 Å². The maximum atomic E-state index is 6.39. The van der Waals surface area contributed by atoms with Crippen molar-refractivity contribution in [2.45, 2.75) is 0 Å². The molecule has 0 unspecified atom stereocenters. The molecule has 0 aliphatic rings. The van der Waals surface area contributed by atoms with Crippen molar-refractivity contribution in [2.75, 3.05) is 0 Å². The van der Waals surface area contributed by atoms with E-state index in [0.29, 0.717) is 0 Å². The third kappa shape index (κ3) is 4.57. The minimum Gasteiger partial charge on any atom is -0.456 e. The van der Waals surface area contributed by atoms with Gasteiger partial charge in [0.15, 0.2) is 0 Å². The first-order valence-corrected chi connectivity index (χ1v) is 19.7. The molecule has 0 fully saturated rings. The summed E-state index contributed by atoms with van der Waals surface area (Å²) < 4.78 is 15.1. The molecular weight excluding hydrogens is 709 g/mol. The molecule has 0 amide bonds. The first-order valence-electron chi connectivity index (χ1n) is 19.7. The van der Waals surface area contributed by atoms with Crippen molar-refractivity contribution in [1.29, 1.82) is 0 Å². The summed E-state index contributed by atoms with van der Waals surface area (Å²) in [5.74, 6) is 0. The third-order valence-corrected chi connectivity index (χ3v) is 12.2. The molecule has 0 spiro atoms. The van der Waals surface area contributed by atoms with Gasteiger partial charge in [-0.25, -0.2) is 0 Å². The van der Waals surface area contributed by atoms with Crippen molar-refractivity contribution >= 4 is 87.5 Å². The Morgan fingerprint density at radius 1 is 0.328 bits per heavy atom. The van der Waals surface area contributed by atoms with Crippen molar-refractivity contribution in [2.24, 2.45) is 0 Å². The first-order chi connectivity index (χ1) is 28.7. The molecular formula is C54H32N2O2. The Morgan fingerprint density at radius 3 is 1.67 bits per heavy atom. The number of hydrogen-bond acceptors (Lipinski definition) is 2. The number of nitrogens with one attached hydrogen (secondary N) is 1. The second-order valence-corrected chi connectivity index (χ2v) is 15.4. The highest BCUT2D eigenvalue weighted by molar-refractivity contribution is 6.13. The van der Waals surface area contributed by atoms with Gasteiger partial charge in [-0.3, -0.25) is 0 Å². The van der Waals surface area contributed by atoms with E-state index in [1.165, 1.54) is 49.3 Å². The summed E-state index contributed by atoms with van der Waals surface area (Å²) in [6, 6.07) is 67.4. The van der Waals surface area contributed by atoms with Gasteiger partial charge >= 0.3 is 0 Å². The average molecular weight is 741 g/mol. The molecule has 4 aromatic heterocycles. The Labute approximate surface area is 331 Å². The van der Waals surface area contributed by atoms with Crippen molar-refractivity contribution in [1.82, 2.24) is 9.55 Å². The molecule has 4 heteroatoms. The zero-order valence-corrected chi connectivity index (χ0v) is 31.2. The number of para-hydroxylation sites is 4. The second kappa shape index (κ2) is 11.8. The van der Waals surface area contributed by atoms with E-state index in [0.717, 1.165) is 77.3 Å². The zero-order chi connectivity index (χ0) is 37.9. The fourth-order valence-electron chi connectivity index (χ4n) is 9.36. The maximum absolute atomic E-state index is 6.39. The molecule has 0 aliphatic carbocycles. The van der Waals surface area contributed by atoms with Crippen molar-refractivity contribution in [3.63, 3.8) is 0 Å². The van der Waals surface area contributed by atoms with E-state index in [-0.39, 0.29) is 0 Å². The quantitative estimate of drug-likeness (QED) is 0.195. The average Bonchev–Trinajstić information content (AvgIpc) is 4.04. The van der Waals surface area contributed by atoms with Gasteiger partial charge in [-0.05, 0) is 107 Å². The maximum Gasteiger partial charge on any atom is 0.143 e. The third-order valence-electron chi connectivity index (χ3n) is 12.2. The molecule has 0 atom stereocenters. The van der Waals surface area contributed by atoms with Gasteiger partial charge in [0.25, 0.3) is 0 Å². The van der Waals surface area contributed by atoms with Gasteiger partial charge in [-0.15, -0.1) is 0 Å². The van der Waals surface area contributed by atoms with Gasteiger partial charge in [0, 0.05) is 65.4 Å². The molecule has 0 aliphatic heterocycles. The number of nitrogens with zero attached hydrogens (tertiary/aromatic N) is 1. The summed E-state index contributed by atoms with van der Waals surface area (Å²) in [6.45, 7) is 0. The molecule has 0 saturated heterocycles. The van der Waals surface area contributed by atoms with Crippen LogP contribution in [-0.4, -0.2) is 9.55 Å². The summed E-state index contributed by atoms with van der Waals surface area (Å²) in [5.41, 5.74) is 16.3. The van der Waals surface area contributed by atoms with Gasteiger partial charge in [0.1, 0.15) is 22.3 Å². The molecule has 4 nitrogen and oxygen atoms in total. The fourth-order valence-corrected chi connectivity index (χ4v) is 9.36. The SMILES string of the molecule is c1ccc2c(c1)[nH]c1ccc(-c3ccc4oc5ccc(-c6ccc7c(c6)c6ccccc6n7-c6ccc(-c7cccc8c7oc7ccccc78)cc6)cc5c4c3)cc12. The van der Waals surface area contributed by atoms with Crippen LogP contribution in [-0.2, 0) is 0 Å². The molecule has 0 bridgehead atoms. The van der Waals surface area contributed by atoms with E-state index < -0.39 is 0 Å². The monoisotopic (exact) mass is 740 g/mol.